The standard InChI is InChI=1S/C27H31N3O4/c1-2-3-6-15-33-19-13-11-18(12-14-19)26-23-24(21-9-4-5-10-22(21)31)28-29-25(23)27(32)30(26)17-20-8-7-16-34-20/h4-5,9-14,20,26,31H,2-3,6-8,15-17H2,1H3,(H,28,29)/t20-,26+/m1/s1. The number of hydrogen-bond acceptors (Lipinski definition) is 5. The summed E-state index contributed by atoms with van der Waals surface area (Å²) < 4.78 is 11.8. The van der Waals surface area contributed by atoms with Crippen molar-refractivity contribution in [3.8, 4) is 22.8 Å². The zero-order valence-corrected chi connectivity index (χ0v) is 19.5. The van der Waals surface area contributed by atoms with Gasteiger partial charge in [-0.05, 0) is 49.1 Å². The number of amides is 1. The SMILES string of the molecule is CCCCCOc1ccc([C@H]2c3c(-c4ccccc4O)n[nH]c3C(=O)N2C[C@H]2CCCO2)cc1. The van der Waals surface area contributed by atoms with Gasteiger partial charge in [0.1, 0.15) is 22.9 Å². The third kappa shape index (κ3) is 4.28. The first-order valence-electron chi connectivity index (χ1n) is 12.2. The lowest BCUT2D eigenvalue weighted by molar-refractivity contribution is 0.0495. The van der Waals surface area contributed by atoms with E-state index >= 15 is 0 Å². The van der Waals surface area contributed by atoms with Crippen molar-refractivity contribution in [2.45, 2.75) is 51.2 Å². The summed E-state index contributed by atoms with van der Waals surface area (Å²) in [6.07, 6.45) is 5.33. The second kappa shape index (κ2) is 9.89. The maximum atomic E-state index is 13.5. The molecule has 0 spiro atoms. The average molecular weight is 462 g/mol. The van der Waals surface area contributed by atoms with Gasteiger partial charge in [-0.15, -0.1) is 0 Å². The molecule has 7 heteroatoms. The van der Waals surface area contributed by atoms with Crippen LogP contribution in [0.25, 0.3) is 11.3 Å². The van der Waals surface area contributed by atoms with Gasteiger partial charge in [0.2, 0.25) is 0 Å². The first-order valence-corrected chi connectivity index (χ1v) is 12.2. The van der Waals surface area contributed by atoms with Crippen LogP contribution in [0.2, 0.25) is 0 Å². The quantitative estimate of drug-likeness (QED) is 0.434. The predicted octanol–water partition coefficient (Wildman–Crippen LogP) is 5.08. The molecule has 1 amide bonds. The van der Waals surface area contributed by atoms with Gasteiger partial charge in [-0.3, -0.25) is 9.89 Å². The Morgan fingerprint density at radius 1 is 1.18 bits per heavy atom. The van der Waals surface area contributed by atoms with E-state index < -0.39 is 0 Å². The van der Waals surface area contributed by atoms with Crippen LogP contribution < -0.4 is 4.74 Å². The number of nitrogens with one attached hydrogen (secondary N) is 1. The monoisotopic (exact) mass is 461 g/mol. The molecule has 34 heavy (non-hydrogen) atoms. The fraction of sp³-hybridized carbons (Fsp3) is 0.407. The molecule has 2 aliphatic heterocycles. The Kier molecular flexibility index (Phi) is 6.54. The number of benzene rings is 2. The van der Waals surface area contributed by atoms with Crippen molar-refractivity contribution < 1.29 is 19.4 Å². The molecule has 7 nitrogen and oxygen atoms in total. The number of phenolic OH excluding ortho intramolecular Hbond substituents is 1. The number of para-hydroxylation sites is 1. The van der Waals surface area contributed by atoms with Gasteiger partial charge in [-0.1, -0.05) is 44.0 Å². The highest BCUT2D eigenvalue weighted by Gasteiger charge is 2.43. The van der Waals surface area contributed by atoms with Crippen LogP contribution in [0.5, 0.6) is 11.5 Å². The lowest BCUT2D eigenvalue weighted by Crippen LogP contribution is -2.36. The van der Waals surface area contributed by atoms with Crippen molar-refractivity contribution in [2.75, 3.05) is 19.8 Å². The molecular formula is C27H31N3O4. The highest BCUT2D eigenvalue weighted by atomic mass is 16.5. The summed E-state index contributed by atoms with van der Waals surface area (Å²) in [5.74, 6) is 0.865. The number of unbranched alkanes of at least 4 members (excludes halogenated alkanes) is 2. The van der Waals surface area contributed by atoms with Crippen molar-refractivity contribution in [3.63, 3.8) is 0 Å². The summed E-state index contributed by atoms with van der Waals surface area (Å²) in [4.78, 5) is 15.4. The zero-order chi connectivity index (χ0) is 23.5. The highest BCUT2D eigenvalue weighted by Crippen LogP contribution is 2.45. The van der Waals surface area contributed by atoms with E-state index in [1.807, 2.05) is 41.3 Å². The molecule has 5 rings (SSSR count). The summed E-state index contributed by atoms with van der Waals surface area (Å²) in [6.45, 7) is 4.12. The molecule has 0 saturated carbocycles. The van der Waals surface area contributed by atoms with Gasteiger partial charge < -0.3 is 19.5 Å². The van der Waals surface area contributed by atoms with Crippen LogP contribution in [0.4, 0.5) is 0 Å². The topological polar surface area (TPSA) is 87.7 Å². The van der Waals surface area contributed by atoms with Gasteiger partial charge in [-0.25, -0.2) is 0 Å². The predicted molar refractivity (Wildman–Crippen MR) is 129 cm³/mol. The molecule has 1 aromatic heterocycles. The van der Waals surface area contributed by atoms with Crippen LogP contribution >= 0.6 is 0 Å². The molecule has 0 unspecified atom stereocenters. The molecule has 0 bridgehead atoms. The Morgan fingerprint density at radius 3 is 2.74 bits per heavy atom. The highest BCUT2D eigenvalue weighted by molar-refractivity contribution is 6.00. The van der Waals surface area contributed by atoms with Gasteiger partial charge in [0, 0.05) is 24.3 Å². The van der Waals surface area contributed by atoms with E-state index in [2.05, 4.69) is 17.1 Å². The number of carbonyl (C=O) groups excluding carboxylic acids is 1. The van der Waals surface area contributed by atoms with Gasteiger partial charge in [0.25, 0.3) is 5.91 Å². The number of phenols is 1. The average Bonchev–Trinajstić information content (AvgIpc) is 3.58. The number of aromatic hydroxyl groups is 1. The van der Waals surface area contributed by atoms with Crippen molar-refractivity contribution in [3.05, 3.63) is 65.4 Å². The van der Waals surface area contributed by atoms with Gasteiger partial charge >= 0.3 is 0 Å². The first kappa shape index (κ1) is 22.5. The van der Waals surface area contributed by atoms with Crippen molar-refractivity contribution in [1.29, 1.82) is 0 Å². The molecule has 3 aromatic rings. The summed E-state index contributed by atoms with van der Waals surface area (Å²) in [5, 5.41) is 17.9. The number of hydrogen-bond donors (Lipinski definition) is 2. The third-order valence-corrected chi connectivity index (χ3v) is 6.66. The number of carbonyl (C=O) groups is 1. The maximum absolute atomic E-state index is 13.5. The van der Waals surface area contributed by atoms with Crippen molar-refractivity contribution >= 4 is 5.91 Å². The van der Waals surface area contributed by atoms with E-state index in [1.165, 1.54) is 0 Å². The first-order chi connectivity index (χ1) is 16.7. The lowest BCUT2D eigenvalue weighted by Gasteiger charge is -2.28. The molecule has 1 saturated heterocycles. The Bertz CT molecular complexity index is 1140. The second-order valence-electron chi connectivity index (χ2n) is 9.00. The molecular weight excluding hydrogens is 430 g/mol. The number of aromatic nitrogens is 2. The lowest BCUT2D eigenvalue weighted by atomic mass is 9.95. The summed E-state index contributed by atoms with van der Waals surface area (Å²) in [6, 6.07) is 14.7. The van der Waals surface area contributed by atoms with Crippen LogP contribution in [-0.4, -0.2) is 52.0 Å². The summed E-state index contributed by atoms with van der Waals surface area (Å²) in [5.41, 5.74) is 3.44. The van der Waals surface area contributed by atoms with Crippen molar-refractivity contribution in [2.24, 2.45) is 0 Å². The summed E-state index contributed by atoms with van der Waals surface area (Å²) in [7, 11) is 0. The van der Waals surface area contributed by atoms with Crippen LogP contribution in [0, 0.1) is 0 Å². The van der Waals surface area contributed by atoms with E-state index in [4.69, 9.17) is 9.47 Å². The molecule has 2 N–H and O–H groups in total. The molecule has 3 heterocycles. The van der Waals surface area contributed by atoms with Gasteiger partial charge in [0.15, 0.2) is 0 Å². The van der Waals surface area contributed by atoms with Crippen LogP contribution in [0.3, 0.4) is 0 Å². The molecule has 0 radical (unpaired) electrons. The Labute approximate surface area is 199 Å². The number of ether oxygens (including phenoxy) is 2. The number of rotatable bonds is 9. The molecule has 178 valence electrons. The normalized spacial score (nSPS) is 19.6. The Balaban J connectivity index is 1.50. The molecule has 2 atom stereocenters. The molecule has 0 aliphatic carbocycles. The minimum absolute atomic E-state index is 0.0261. The minimum atomic E-state index is -0.325. The number of fused-ring (bicyclic) bond motifs is 1. The zero-order valence-electron chi connectivity index (χ0n) is 19.5. The molecule has 1 fully saturated rings. The van der Waals surface area contributed by atoms with Gasteiger partial charge in [0.05, 0.1) is 18.8 Å². The number of H-pyrrole nitrogens is 1. The van der Waals surface area contributed by atoms with Crippen LogP contribution in [-0.2, 0) is 4.74 Å². The fourth-order valence-corrected chi connectivity index (χ4v) is 4.91. The van der Waals surface area contributed by atoms with Gasteiger partial charge in [-0.2, -0.15) is 5.10 Å². The maximum Gasteiger partial charge on any atom is 0.273 e. The third-order valence-electron chi connectivity index (χ3n) is 6.66. The minimum Gasteiger partial charge on any atom is -0.507 e. The second-order valence-corrected chi connectivity index (χ2v) is 9.00. The van der Waals surface area contributed by atoms with E-state index in [1.54, 1.807) is 12.1 Å². The Hall–Kier alpha value is -3.32. The number of nitrogens with zero attached hydrogens (tertiary/aromatic N) is 2. The smallest absolute Gasteiger partial charge is 0.273 e. The fourth-order valence-electron chi connectivity index (χ4n) is 4.91. The van der Waals surface area contributed by atoms with E-state index in [0.29, 0.717) is 30.1 Å². The van der Waals surface area contributed by atoms with Crippen LogP contribution in [0.1, 0.15) is 66.7 Å². The van der Waals surface area contributed by atoms with Crippen molar-refractivity contribution in [1.82, 2.24) is 15.1 Å². The van der Waals surface area contributed by atoms with E-state index in [0.717, 1.165) is 55.6 Å². The Morgan fingerprint density at radius 2 is 2.00 bits per heavy atom. The molecule has 2 aromatic carbocycles. The van der Waals surface area contributed by atoms with E-state index in [-0.39, 0.29) is 23.8 Å². The largest absolute Gasteiger partial charge is 0.507 e. The molecule has 2 aliphatic rings. The van der Waals surface area contributed by atoms with E-state index in [9.17, 15) is 9.90 Å². The number of aromatic amines is 1. The summed E-state index contributed by atoms with van der Waals surface area (Å²) >= 11 is 0. The van der Waals surface area contributed by atoms with Crippen LogP contribution in [0.15, 0.2) is 48.5 Å².